The number of hydrogen-bond acceptors (Lipinski definition) is 6. The van der Waals surface area contributed by atoms with E-state index in [-0.39, 0.29) is 17.2 Å². The molecular formula is C19H21N3O5. The average molecular weight is 371 g/mol. The van der Waals surface area contributed by atoms with E-state index in [9.17, 15) is 14.9 Å². The van der Waals surface area contributed by atoms with Gasteiger partial charge in [0.1, 0.15) is 0 Å². The number of methoxy groups -OCH3 is 2. The number of nitrogens with one attached hydrogen (secondary N) is 1. The zero-order valence-electron chi connectivity index (χ0n) is 15.4. The molecule has 0 radical (unpaired) electrons. The van der Waals surface area contributed by atoms with Crippen molar-refractivity contribution in [2.45, 2.75) is 13.0 Å². The van der Waals surface area contributed by atoms with Gasteiger partial charge < -0.3 is 19.7 Å². The number of benzene rings is 2. The normalized spacial score (nSPS) is 12.9. The first kappa shape index (κ1) is 18.5. The van der Waals surface area contributed by atoms with Gasteiger partial charge >= 0.3 is 0 Å². The number of hydrogen-bond donors (Lipinski definition) is 1. The maximum Gasteiger partial charge on any atom is 0.270 e. The summed E-state index contributed by atoms with van der Waals surface area (Å²) in [6.45, 7) is 0.924. The van der Waals surface area contributed by atoms with Gasteiger partial charge in [0.2, 0.25) is 0 Å². The molecule has 1 aliphatic heterocycles. The van der Waals surface area contributed by atoms with E-state index in [1.54, 1.807) is 32.2 Å². The van der Waals surface area contributed by atoms with Gasteiger partial charge in [-0.25, -0.2) is 0 Å². The second-order valence-corrected chi connectivity index (χ2v) is 6.19. The predicted octanol–water partition coefficient (Wildman–Crippen LogP) is 2.85. The molecule has 0 fully saturated rings. The first-order valence-electron chi connectivity index (χ1n) is 8.47. The number of fused-ring (bicyclic) bond motifs is 1. The maximum absolute atomic E-state index is 13.0. The third-order valence-electron chi connectivity index (χ3n) is 4.72. The van der Waals surface area contributed by atoms with Gasteiger partial charge in [0.05, 0.1) is 24.7 Å². The largest absolute Gasteiger partial charge is 0.493 e. The van der Waals surface area contributed by atoms with E-state index < -0.39 is 4.92 Å². The minimum absolute atomic E-state index is 0.110. The highest BCUT2D eigenvalue weighted by atomic mass is 16.6. The van der Waals surface area contributed by atoms with E-state index >= 15 is 0 Å². The van der Waals surface area contributed by atoms with Gasteiger partial charge in [0.15, 0.2) is 11.5 Å². The topological polar surface area (TPSA) is 93.9 Å². The lowest BCUT2D eigenvalue weighted by molar-refractivity contribution is -0.384. The minimum atomic E-state index is -0.501. The van der Waals surface area contributed by atoms with Crippen LogP contribution in [0, 0.1) is 10.1 Å². The quantitative estimate of drug-likeness (QED) is 0.642. The Kier molecular flexibility index (Phi) is 5.16. The first-order chi connectivity index (χ1) is 13.0. The van der Waals surface area contributed by atoms with Crippen molar-refractivity contribution < 1.29 is 19.2 Å². The number of carbonyl (C=O) groups is 1. The summed E-state index contributed by atoms with van der Waals surface area (Å²) >= 11 is 0. The van der Waals surface area contributed by atoms with Crippen molar-refractivity contribution in [2.75, 3.05) is 33.1 Å². The van der Waals surface area contributed by atoms with Crippen molar-refractivity contribution in [2.24, 2.45) is 0 Å². The van der Waals surface area contributed by atoms with Crippen molar-refractivity contribution >= 4 is 17.3 Å². The summed E-state index contributed by atoms with van der Waals surface area (Å²) in [5.41, 5.74) is 2.81. The molecule has 142 valence electrons. The molecule has 0 unspecified atom stereocenters. The van der Waals surface area contributed by atoms with Gasteiger partial charge in [-0.1, -0.05) is 0 Å². The molecule has 1 aliphatic rings. The third-order valence-corrected chi connectivity index (χ3v) is 4.72. The van der Waals surface area contributed by atoms with Crippen LogP contribution >= 0.6 is 0 Å². The van der Waals surface area contributed by atoms with Crippen molar-refractivity contribution in [1.29, 1.82) is 0 Å². The Morgan fingerprint density at radius 2 is 1.81 bits per heavy atom. The summed E-state index contributed by atoms with van der Waals surface area (Å²) < 4.78 is 10.7. The Morgan fingerprint density at radius 3 is 2.41 bits per heavy atom. The highest BCUT2D eigenvalue weighted by Crippen LogP contribution is 2.34. The SMILES string of the molecule is CNc1ccc([N+](=O)[O-])cc1C(=O)N1CCc2cc(OC)c(OC)cc2C1. The number of nitrogens with zero attached hydrogens (tertiary/aromatic N) is 2. The number of carbonyl (C=O) groups excluding carboxylic acids is 1. The second kappa shape index (κ2) is 7.53. The zero-order valence-corrected chi connectivity index (χ0v) is 15.4. The van der Waals surface area contributed by atoms with Crippen LogP contribution in [0.3, 0.4) is 0 Å². The number of nitro groups is 1. The van der Waals surface area contributed by atoms with Crippen LogP contribution in [0.15, 0.2) is 30.3 Å². The molecule has 1 N–H and O–H groups in total. The molecule has 0 aromatic heterocycles. The van der Waals surface area contributed by atoms with Crippen LogP contribution in [0.4, 0.5) is 11.4 Å². The Bertz CT molecular complexity index is 897. The van der Waals surface area contributed by atoms with Crippen molar-refractivity contribution in [1.82, 2.24) is 4.90 Å². The molecule has 8 heteroatoms. The average Bonchev–Trinajstić information content (AvgIpc) is 2.70. The Balaban J connectivity index is 1.92. The number of anilines is 1. The lowest BCUT2D eigenvalue weighted by Gasteiger charge is -2.30. The number of amides is 1. The highest BCUT2D eigenvalue weighted by molar-refractivity contribution is 6.00. The standard InChI is InChI=1S/C19H21N3O5/c1-20-16-5-4-14(22(24)25)10-15(16)19(23)21-7-6-12-8-17(26-2)18(27-3)9-13(12)11-21/h4-5,8-10,20H,6-7,11H2,1-3H3. The molecule has 3 rings (SSSR count). The molecule has 1 amide bonds. The number of ether oxygens (including phenoxy) is 2. The van der Waals surface area contributed by atoms with Crippen LogP contribution in [-0.2, 0) is 13.0 Å². The fourth-order valence-electron chi connectivity index (χ4n) is 3.27. The summed E-state index contributed by atoms with van der Waals surface area (Å²) in [6, 6.07) is 8.06. The number of non-ortho nitro benzene ring substituents is 1. The minimum Gasteiger partial charge on any atom is -0.493 e. The molecule has 0 aliphatic carbocycles. The lowest BCUT2D eigenvalue weighted by Crippen LogP contribution is -2.36. The van der Waals surface area contributed by atoms with Crippen LogP contribution in [0.25, 0.3) is 0 Å². The van der Waals surface area contributed by atoms with E-state index in [2.05, 4.69) is 5.32 Å². The predicted molar refractivity (Wildman–Crippen MR) is 101 cm³/mol. The fraction of sp³-hybridized carbons (Fsp3) is 0.316. The summed E-state index contributed by atoms with van der Waals surface area (Å²) in [6.07, 6.45) is 0.672. The summed E-state index contributed by atoms with van der Waals surface area (Å²) in [4.78, 5) is 25.3. The summed E-state index contributed by atoms with van der Waals surface area (Å²) in [5, 5.41) is 14.0. The Morgan fingerprint density at radius 1 is 1.15 bits per heavy atom. The van der Waals surface area contributed by atoms with E-state index in [1.807, 2.05) is 12.1 Å². The number of nitro benzene ring substituents is 1. The Labute approximate surface area is 156 Å². The monoisotopic (exact) mass is 371 g/mol. The summed E-state index contributed by atoms with van der Waals surface area (Å²) in [7, 11) is 4.84. The van der Waals surface area contributed by atoms with Crippen molar-refractivity contribution in [3.8, 4) is 11.5 Å². The third kappa shape index (κ3) is 3.51. The number of rotatable bonds is 5. The smallest absolute Gasteiger partial charge is 0.270 e. The van der Waals surface area contributed by atoms with Gasteiger partial charge in [0, 0.05) is 38.0 Å². The van der Waals surface area contributed by atoms with Crippen LogP contribution in [0.1, 0.15) is 21.5 Å². The van der Waals surface area contributed by atoms with Crippen LogP contribution in [0.5, 0.6) is 11.5 Å². The molecule has 8 nitrogen and oxygen atoms in total. The van der Waals surface area contributed by atoms with Crippen molar-refractivity contribution in [3.05, 3.63) is 57.1 Å². The van der Waals surface area contributed by atoms with Gasteiger partial charge in [-0.15, -0.1) is 0 Å². The molecule has 0 atom stereocenters. The van der Waals surface area contributed by atoms with Crippen LogP contribution < -0.4 is 14.8 Å². The second-order valence-electron chi connectivity index (χ2n) is 6.19. The van der Waals surface area contributed by atoms with E-state index in [1.165, 1.54) is 12.1 Å². The molecule has 0 bridgehead atoms. The fourth-order valence-corrected chi connectivity index (χ4v) is 3.27. The van der Waals surface area contributed by atoms with E-state index in [4.69, 9.17) is 9.47 Å². The van der Waals surface area contributed by atoms with Gasteiger partial charge in [-0.2, -0.15) is 0 Å². The van der Waals surface area contributed by atoms with Crippen LogP contribution in [0.2, 0.25) is 0 Å². The summed E-state index contributed by atoms with van der Waals surface area (Å²) in [5.74, 6) is 1.02. The molecule has 2 aromatic rings. The highest BCUT2D eigenvalue weighted by Gasteiger charge is 2.26. The maximum atomic E-state index is 13.0. The van der Waals surface area contributed by atoms with Crippen LogP contribution in [-0.4, -0.2) is 43.5 Å². The molecule has 0 saturated carbocycles. The van der Waals surface area contributed by atoms with Gasteiger partial charge in [-0.05, 0) is 35.7 Å². The Hall–Kier alpha value is -3.29. The zero-order chi connectivity index (χ0) is 19.6. The molecule has 2 aromatic carbocycles. The van der Waals surface area contributed by atoms with Gasteiger partial charge in [0.25, 0.3) is 11.6 Å². The lowest BCUT2D eigenvalue weighted by atomic mass is 9.98. The van der Waals surface area contributed by atoms with Crippen molar-refractivity contribution in [3.63, 3.8) is 0 Å². The molecule has 0 spiro atoms. The molecule has 27 heavy (non-hydrogen) atoms. The molecule has 1 heterocycles. The first-order valence-corrected chi connectivity index (χ1v) is 8.47. The molecule has 0 saturated heterocycles. The molecular weight excluding hydrogens is 350 g/mol. The van der Waals surface area contributed by atoms with Gasteiger partial charge in [-0.3, -0.25) is 14.9 Å². The van der Waals surface area contributed by atoms with E-state index in [0.717, 1.165) is 11.1 Å². The van der Waals surface area contributed by atoms with E-state index in [0.29, 0.717) is 36.7 Å².